The molecule has 0 aliphatic heterocycles. The Kier molecular flexibility index (Phi) is 8.88. The van der Waals surface area contributed by atoms with Gasteiger partial charge in [-0.3, -0.25) is 0 Å². The highest BCUT2D eigenvalue weighted by Crippen LogP contribution is 2.32. The second kappa shape index (κ2) is 10.2. The summed E-state index contributed by atoms with van der Waals surface area (Å²) in [7, 11) is 0. The van der Waals surface area contributed by atoms with Crippen LogP contribution in [0.4, 0.5) is 5.69 Å². The number of halogens is 2. The molecule has 0 saturated heterocycles. The van der Waals surface area contributed by atoms with Gasteiger partial charge >= 0.3 is 0 Å². The molecule has 114 valence electrons. The van der Waals surface area contributed by atoms with Crippen molar-refractivity contribution in [2.75, 3.05) is 12.3 Å². The molecule has 0 radical (unpaired) electrons. The minimum absolute atomic E-state index is 0.462. The molecule has 2 nitrogen and oxygen atoms in total. The maximum Gasteiger partial charge on any atom is 0.143 e. The lowest BCUT2D eigenvalue weighted by atomic mass is 10.1. The van der Waals surface area contributed by atoms with Gasteiger partial charge in [0.2, 0.25) is 0 Å². The summed E-state index contributed by atoms with van der Waals surface area (Å²) >= 11 is 11.8. The number of unbranched alkanes of at least 4 members (excludes halogenated alkanes) is 7. The summed E-state index contributed by atoms with van der Waals surface area (Å²) in [4.78, 5) is 0. The van der Waals surface area contributed by atoms with Gasteiger partial charge in [0, 0.05) is 6.07 Å². The highest BCUT2D eigenvalue weighted by atomic mass is 35.5. The van der Waals surface area contributed by atoms with E-state index in [-0.39, 0.29) is 0 Å². The van der Waals surface area contributed by atoms with Crippen molar-refractivity contribution in [2.45, 2.75) is 58.3 Å². The summed E-state index contributed by atoms with van der Waals surface area (Å²) in [5.41, 5.74) is 6.37. The summed E-state index contributed by atoms with van der Waals surface area (Å²) < 4.78 is 5.65. The third-order valence-corrected chi connectivity index (χ3v) is 4.03. The highest BCUT2D eigenvalue weighted by Gasteiger charge is 2.05. The van der Waals surface area contributed by atoms with E-state index in [1.807, 2.05) is 0 Å². The zero-order valence-electron chi connectivity index (χ0n) is 12.3. The fraction of sp³-hybridized carbons (Fsp3) is 0.625. The van der Waals surface area contributed by atoms with Crippen LogP contribution in [0, 0.1) is 0 Å². The Morgan fingerprint density at radius 1 is 0.900 bits per heavy atom. The van der Waals surface area contributed by atoms with Crippen LogP contribution in [-0.2, 0) is 0 Å². The number of hydrogen-bond acceptors (Lipinski definition) is 2. The molecule has 0 aromatic heterocycles. The van der Waals surface area contributed by atoms with Crippen molar-refractivity contribution in [1.29, 1.82) is 0 Å². The van der Waals surface area contributed by atoms with Gasteiger partial charge in [0.1, 0.15) is 5.75 Å². The van der Waals surface area contributed by atoms with Crippen LogP contribution >= 0.6 is 23.2 Å². The Morgan fingerprint density at radius 3 is 2.10 bits per heavy atom. The van der Waals surface area contributed by atoms with Crippen molar-refractivity contribution in [3.63, 3.8) is 0 Å². The summed E-state index contributed by atoms with van der Waals surface area (Å²) in [5.74, 6) is 0.627. The maximum absolute atomic E-state index is 5.94. The Bertz CT molecular complexity index is 396. The molecule has 1 aromatic carbocycles. The first-order valence-corrected chi connectivity index (χ1v) is 8.28. The highest BCUT2D eigenvalue weighted by molar-refractivity contribution is 6.42. The quantitative estimate of drug-likeness (QED) is 0.418. The second-order valence-corrected chi connectivity index (χ2v) is 5.94. The number of benzene rings is 1. The van der Waals surface area contributed by atoms with Gasteiger partial charge in [-0.05, 0) is 12.5 Å². The number of rotatable bonds is 10. The first kappa shape index (κ1) is 17.5. The van der Waals surface area contributed by atoms with Gasteiger partial charge in [-0.25, -0.2) is 0 Å². The fourth-order valence-corrected chi connectivity index (χ4v) is 2.41. The monoisotopic (exact) mass is 317 g/mol. The molecule has 0 aliphatic carbocycles. The molecule has 20 heavy (non-hydrogen) atoms. The van der Waals surface area contributed by atoms with E-state index in [1.54, 1.807) is 12.1 Å². The molecule has 0 unspecified atom stereocenters. The molecule has 0 atom stereocenters. The van der Waals surface area contributed by atoms with Gasteiger partial charge in [0.25, 0.3) is 0 Å². The maximum atomic E-state index is 5.94. The third kappa shape index (κ3) is 6.71. The van der Waals surface area contributed by atoms with E-state index < -0.39 is 0 Å². The number of nitrogens with two attached hydrogens (primary N) is 1. The SMILES string of the molecule is CCCCCCCCCCOc1cc(Cl)c(Cl)cc1N. The molecule has 0 heterocycles. The van der Waals surface area contributed by atoms with Crippen molar-refractivity contribution < 1.29 is 4.74 Å². The summed E-state index contributed by atoms with van der Waals surface area (Å²) in [6.07, 6.45) is 10.2. The van der Waals surface area contributed by atoms with Crippen molar-refractivity contribution in [3.8, 4) is 5.75 Å². The van der Waals surface area contributed by atoms with E-state index in [0.29, 0.717) is 28.1 Å². The number of nitrogen functional groups attached to an aromatic ring is 1. The standard InChI is InChI=1S/C16H25Cl2NO/c1-2-3-4-5-6-7-8-9-10-20-16-12-14(18)13(17)11-15(16)19/h11-12H,2-10,19H2,1H3. The van der Waals surface area contributed by atoms with Gasteiger partial charge in [-0.15, -0.1) is 0 Å². The second-order valence-electron chi connectivity index (χ2n) is 5.13. The van der Waals surface area contributed by atoms with Gasteiger partial charge in [-0.2, -0.15) is 0 Å². The van der Waals surface area contributed by atoms with Crippen molar-refractivity contribution in [1.82, 2.24) is 0 Å². The molecule has 2 N–H and O–H groups in total. The van der Waals surface area contributed by atoms with Crippen molar-refractivity contribution >= 4 is 28.9 Å². The molecule has 0 fully saturated rings. The third-order valence-electron chi connectivity index (χ3n) is 3.31. The van der Waals surface area contributed by atoms with E-state index in [9.17, 15) is 0 Å². The first-order valence-electron chi connectivity index (χ1n) is 7.52. The Balaban J connectivity index is 2.11. The molecular weight excluding hydrogens is 293 g/mol. The van der Waals surface area contributed by atoms with Crippen molar-refractivity contribution in [2.24, 2.45) is 0 Å². The molecule has 0 saturated carbocycles. The van der Waals surface area contributed by atoms with E-state index in [2.05, 4.69) is 6.92 Å². The number of anilines is 1. The Labute approximate surface area is 132 Å². The summed E-state index contributed by atoms with van der Waals surface area (Å²) in [5, 5.41) is 0.940. The molecule has 1 rings (SSSR count). The van der Waals surface area contributed by atoms with Crippen LogP contribution in [0.2, 0.25) is 10.0 Å². The largest absolute Gasteiger partial charge is 0.491 e. The van der Waals surface area contributed by atoms with Crippen LogP contribution in [0.5, 0.6) is 5.75 Å². The van der Waals surface area contributed by atoms with E-state index in [0.717, 1.165) is 6.42 Å². The van der Waals surface area contributed by atoms with Gasteiger partial charge in [-0.1, -0.05) is 75.1 Å². The smallest absolute Gasteiger partial charge is 0.143 e. The van der Waals surface area contributed by atoms with Crippen LogP contribution in [0.1, 0.15) is 58.3 Å². The zero-order valence-corrected chi connectivity index (χ0v) is 13.8. The Morgan fingerprint density at radius 2 is 1.45 bits per heavy atom. The lowest BCUT2D eigenvalue weighted by Gasteiger charge is -2.10. The summed E-state index contributed by atoms with van der Waals surface area (Å²) in [6, 6.07) is 3.32. The predicted molar refractivity (Wildman–Crippen MR) is 89.0 cm³/mol. The lowest BCUT2D eigenvalue weighted by molar-refractivity contribution is 0.306. The van der Waals surface area contributed by atoms with Crippen LogP contribution in [0.15, 0.2) is 12.1 Å². The molecule has 4 heteroatoms. The molecular formula is C16H25Cl2NO. The topological polar surface area (TPSA) is 35.2 Å². The van der Waals surface area contributed by atoms with Gasteiger partial charge in [0.05, 0.1) is 22.3 Å². The number of hydrogen-bond donors (Lipinski definition) is 1. The summed E-state index contributed by atoms with van der Waals surface area (Å²) in [6.45, 7) is 2.92. The fourth-order valence-electron chi connectivity index (χ4n) is 2.09. The van der Waals surface area contributed by atoms with Crippen LogP contribution < -0.4 is 10.5 Å². The molecule has 1 aromatic rings. The first-order chi connectivity index (χ1) is 9.65. The van der Waals surface area contributed by atoms with E-state index in [4.69, 9.17) is 33.7 Å². The van der Waals surface area contributed by atoms with E-state index in [1.165, 1.54) is 44.9 Å². The van der Waals surface area contributed by atoms with Crippen LogP contribution in [0.3, 0.4) is 0 Å². The molecule has 0 aliphatic rings. The number of ether oxygens (including phenoxy) is 1. The van der Waals surface area contributed by atoms with Crippen molar-refractivity contribution in [3.05, 3.63) is 22.2 Å². The van der Waals surface area contributed by atoms with E-state index >= 15 is 0 Å². The lowest BCUT2D eigenvalue weighted by Crippen LogP contribution is -2.00. The minimum atomic E-state index is 0.462. The Hall–Kier alpha value is -0.600. The zero-order chi connectivity index (χ0) is 14.8. The molecule has 0 amide bonds. The molecule has 0 bridgehead atoms. The average molecular weight is 318 g/mol. The van der Waals surface area contributed by atoms with Crippen LogP contribution in [0.25, 0.3) is 0 Å². The van der Waals surface area contributed by atoms with Crippen LogP contribution in [-0.4, -0.2) is 6.61 Å². The predicted octanol–water partition coefficient (Wildman–Crippen LogP) is 6.10. The van der Waals surface area contributed by atoms with Gasteiger partial charge < -0.3 is 10.5 Å². The minimum Gasteiger partial charge on any atom is -0.491 e. The van der Waals surface area contributed by atoms with Gasteiger partial charge in [0.15, 0.2) is 0 Å². The normalized spacial score (nSPS) is 10.8. The molecule has 0 spiro atoms. The average Bonchev–Trinajstić information content (AvgIpc) is 2.42.